The molecule has 4 heteroatoms. The number of hydrogen-bond donors (Lipinski definition) is 0. The van der Waals surface area contributed by atoms with Crippen molar-refractivity contribution in [1.29, 1.82) is 0 Å². The van der Waals surface area contributed by atoms with Crippen molar-refractivity contribution in [2.24, 2.45) is 0 Å². The normalized spacial score (nSPS) is 12.1. The molecule has 0 aliphatic carbocycles. The average molecular weight is 516 g/mol. The van der Waals surface area contributed by atoms with Gasteiger partial charge in [-0.2, -0.15) is 0 Å². The number of aromatic nitrogens is 3. The van der Waals surface area contributed by atoms with Crippen molar-refractivity contribution < 1.29 is 0 Å². The number of nitrogens with zero attached hydrogens (tertiary/aromatic N) is 3. The molecule has 0 radical (unpaired) electrons. The minimum Gasteiger partial charge on any atom is -0.307 e. The Morgan fingerprint density at radius 1 is 0.487 bits per heavy atom. The topological polar surface area (TPSA) is 22.8 Å². The highest BCUT2D eigenvalue weighted by molar-refractivity contribution is 7.26. The minimum absolute atomic E-state index is 0.926. The fraction of sp³-hybridized carbons (Fsp3) is 0. The Balaban J connectivity index is 1.52. The van der Waals surface area contributed by atoms with E-state index in [0.717, 1.165) is 16.9 Å². The van der Waals surface area contributed by atoms with Crippen LogP contribution >= 0.6 is 11.3 Å². The Morgan fingerprint density at radius 3 is 2.03 bits per heavy atom. The molecule has 5 aromatic carbocycles. The summed E-state index contributed by atoms with van der Waals surface area (Å²) >= 11 is 1.89. The zero-order chi connectivity index (χ0) is 25.5. The molecule has 0 spiro atoms. The van der Waals surface area contributed by atoms with Gasteiger partial charge >= 0.3 is 0 Å². The predicted octanol–water partition coefficient (Wildman–Crippen LogP) is 9.64. The molecule has 3 nitrogen and oxygen atoms in total. The van der Waals surface area contributed by atoms with Crippen molar-refractivity contribution >= 4 is 75.1 Å². The first kappa shape index (κ1) is 21.1. The molecule has 4 aromatic heterocycles. The second-order valence-electron chi connectivity index (χ2n) is 10.0. The summed E-state index contributed by atoms with van der Waals surface area (Å²) in [6.07, 6.45) is 1.87. The lowest BCUT2D eigenvalue weighted by Gasteiger charge is -2.11. The van der Waals surface area contributed by atoms with Crippen molar-refractivity contribution in [1.82, 2.24) is 14.1 Å². The van der Waals surface area contributed by atoms with Crippen LogP contribution in [0.25, 0.3) is 75.3 Å². The van der Waals surface area contributed by atoms with E-state index < -0.39 is 0 Å². The van der Waals surface area contributed by atoms with Crippen molar-refractivity contribution in [2.75, 3.05) is 0 Å². The summed E-state index contributed by atoms with van der Waals surface area (Å²) < 4.78 is 7.44. The summed E-state index contributed by atoms with van der Waals surface area (Å²) in [5.74, 6) is 0.926. The fourth-order valence-corrected chi connectivity index (χ4v) is 7.64. The minimum atomic E-state index is 0.926. The van der Waals surface area contributed by atoms with E-state index >= 15 is 0 Å². The van der Waals surface area contributed by atoms with Gasteiger partial charge in [-0.25, -0.2) is 4.98 Å². The summed E-state index contributed by atoms with van der Waals surface area (Å²) in [4.78, 5) is 4.74. The van der Waals surface area contributed by atoms with Crippen molar-refractivity contribution in [3.8, 4) is 11.5 Å². The summed E-state index contributed by atoms with van der Waals surface area (Å²) in [6.45, 7) is 0. The zero-order valence-corrected chi connectivity index (χ0v) is 21.7. The number of pyridine rings is 1. The standard InChI is InChI=1S/C35H21N3S/c1-4-13-27-22(10-1)24-19-20-25-23-11-3-6-17-31(23)39-35(25)34(24)38(27)30-16-9-15-29-33(30)26-12-2-5-14-28(26)37(29)32-18-7-8-21-36-32/h1-21H. The van der Waals surface area contributed by atoms with Crippen LogP contribution in [0, 0.1) is 0 Å². The Morgan fingerprint density at radius 2 is 1.18 bits per heavy atom. The van der Waals surface area contributed by atoms with Crippen molar-refractivity contribution in [3.63, 3.8) is 0 Å². The summed E-state index contributed by atoms with van der Waals surface area (Å²) in [6, 6.07) is 43.7. The first-order chi connectivity index (χ1) is 19.4. The third-order valence-corrected chi connectivity index (χ3v) is 9.17. The van der Waals surface area contributed by atoms with Gasteiger partial charge in [0.1, 0.15) is 5.82 Å². The molecule has 9 aromatic rings. The lowest BCUT2D eigenvalue weighted by atomic mass is 10.1. The molecule has 0 atom stereocenters. The van der Waals surface area contributed by atoms with Gasteiger partial charge in [0, 0.05) is 43.2 Å². The number of rotatable bonds is 2. The number of benzene rings is 5. The van der Waals surface area contributed by atoms with Gasteiger partial charge in [-0.3, -0.25) is 4.57 Å². The Labute approximate surface area is 227 Å². The molecule has 39 heavy (non-hydrogen) atoms. The van der Waals surface area contributed by atoms with Crippen LogP contribution in [-0.2, 0) is 0 Å². The summed E-state index contributed by atoms with van der Waals surface area (Å²) in [5, 5.41) is 7.66. The highest BCUT2D eigenvalue weighted by Crippen LogP contribution is 2.44. The number of para-hydroxylation sites is 2. The maximum Gasteiger partial charge on any atom is 0.137 e. The van der Waals surface area contributed by atoms with Crippen LogP contribution < -0.4 is 0 Å². The third kappa shape index (κ3) is 2.78. The molecule has 0 aliphatic heterocycles. The van der Waals surface area contributed by atoms with Gasteiger partial charge in [0.05, 0.1) is 32.5 Å². The SMILES string of the molecule is c1ccc(-n2c3ccccc3c3c(-n4c5ccccc5c5ccc6c7ccccc7sc6c54)cccc32)nc1. The van der Waals surface area contributed by atoms with Gasteiger partial charge in [0.15, 0.2) is 0 Å². The monoisotopic (exact) mass is 515 g/mol. The van der Waals surface area contributed by atoms with Gasteiger partial charge in [-0.1, -0.05) is 78.9 Å². The lowest BCUT2D eigenvalue weighted by molar-refractivity contribution is 1.08. The van der Waals surface area contributed by atoms with E-state index in [2.05, 4.69) is 124 Å². The predicted molar refractivity (Wildman–Crippen MR) is 166 cm³/mol. The highest BCUT2D eigenvalue weighted by Gasteiger charge is 2.21. The largest absolute Gasteiger partial charge is 0.307 e. The Hall–Kier alpha value is -4.93. The van der Waals surface area contributed by atoms with Crippen LogP contribution in [0.3, 0.4) is 0 Å². The summed E-state index contributed by atoms with van der Waals surface area (Å²) in [7, 11) is 0. The molecule has 0 unspecified atom stereocenters. The van der Waals surface area contributed by atoms with E-state index in [1.54, 1.807) is 0 Å². The second kappa shape index (κ2) is 7.79. The summed E-state index contributed by atoms with van der Waals surface area (Å²) in [5.41, 5.74) is 6.00. The van der Waals surface area contributed by atoms with E-state index in [1.807, 2.05) is 23.6 Å². The van der Waals surface area contributed by atoms with E-state index in [0.29, 0.717) is 0 Å². The third-order valence-electron chi connectivity index (χ3n) is 7.97. The van der Waals surface area contributed by atoms with Gasteiger partial charge < -0.3 is 4.57 Å². The number of hydrogen-bond acceptors (Lipinski definition) is 2. The van der Waals surface area contributed by atoms with Crippen molar-refractivity contribution in [3.05, 3.63) is 128 Å². The first-order valence-corrected chi connectivity index (χ1v) is 14.0. The van der Waals surface area contributed by atoms with E-state index in [4.69, 9.17) is 4.98 Å². The maximum absolute atomic E-state index is 4.74. The molecule has 9 rings (SSSR count). The molecule has 4 heterocycles. The van der Waals surface area contributed by atoms with E-state index in [-0.39, 0.29) is 0 Å². The molecule has 0 bridgehead atoms. The quantitative estimate of drug-likeness (QED) is 0.225. The van der Waals surface area contributed by atoms with Crippen LogP contribution in [0.1, 0.15) is 0 Å². The van der Waals surface area contributed by atoms with Crippen molar-refractivity contribution in [2.45, 2.75) is 0 Å². The Bertz CT molecular complexity index is 2390. The number of thiophene rings is 1. The zero-order valence-electron chi connectivity index (χ0n) is 20.9. The maximum atomic E-state index is 4.74. The average Bonchev–Trinajstić information content (AvgIpc) is 3.65. The Kier molecular flexibility index (Phi) is 4.21. The van der Waals surface area contributed by atoms with Crippen LogP contribution in [-0.4, -0.2) is 14.1 Å². The fourth-order valence-electron chi connectivity index (χ4n) is 6.40. The van der Waals surface area contributed by atoms with E-state index in [1.165, 1.54) is 58.4 Å². The smallest absolute Gasteiger partial charge is 0.137 e. The lowest BCUT2D eigenvalue weighted by Crippen LogP contribution is -1.98. The van der Waals surface area contributed by atoms with Gasteiger partial charge in [0.25, 0.3) is 0 Å². The molecular weight excluding hydrogens is 494 g/mol. The van der Waals surface area contributed by atoms with Gasteiger partial charge in [0.2, 0.25) is 0 Å². The molecular formula is C35H21N3S. The van der Waals surface area contributed by atoms with Crippen LogP contribution in [0.4, 0.5) is 0 Å². The number of fused-ring (bicyclic) bond motifs is 10. The van der Waals surface area contributed by atoms with E-state index in [9.17, 15) is 0 Å². The van der Waals surface area contributed by atoms with Crippen LogP contribution in [0.2, 0.25) is 0 Å². The highest BCUT2D eigenvalue weighted by atomic mass is 32.1. The molecule has 0 amide bonds. The molecule has 0 saturated heterocycles. The molecule has 0 fully saturated rings. The van der Waals surface area contributed by atoms with Gasteiger partial charge in [-0.05, 0) is 42.5 Å². The van der Waals surface area contributed by atoms with Gasteiger partial charge in [-0.15, -0.1) is 11.3 Å². The van der Waals surface area contributed by atoms with Crippen LogP contribution in [0.15, 0.2) is 128 Å². The first-order valence-electron chi connectivity index (χ1n) is 13.2. The molecule has 182 valence electrons. The molecule has 0 N–H and O–H groups in total. The molecule has 0 saturated carbocycles. The second-order valence-corrected chi connectivity index (χ2v) is 11.1. The molecule has 0 aliphatic rings. The van der Waals surface area contributed by atoms with Crippen LogP contribution in [0.5, 0.6) is 0 Å².